The zero-order valence-corrected chi connectivity index (χ0v) is 22.8. The topological polar surface area (TPSA) is 118 Å². The predicted molar refractivity (Wildman–Crippen MR) is 139 cm³/mol. The molecule has 0 radical (unpaired) electrons. The number of nitrogens with zero attached hydrogens (tertiary/aromatic N) is 5. The van der Waals surface area contributed by atoms with Crippen LogP contribution in [0.2, 0.25) is 0 Å². The van der Waals surface area contributed by atoms with Crippen molar-refractivity contribution in [2.75, 3.05) is 25.6 Å². The van der Waals surface area contributed by atoms with Crippen LogP contribution in [0.1, 0.15) is 48.4 Å². The van der Waals surface area contributed by atoms with Crippen molar-refractivity contribution in [2.45, 2.75) is 39.8 Å². The van der Waals surface area contributed by atoms with E-state index in [2.05, 4.69) is 10.2 Å². The number of methoxy groups -OCH3 is 1. The lowest BCUT2D eigenvalue weighted by atomic mass is 9.81. The Bertz CT molecular complexity index is 1370. The summed E-state index contributed by atoms with van der Waals surface area (Å²) in [5.41, 5.74) is 0.988. The number of aliphatic hydroxyl groups excluding tert-OH is 1. The SMILES string of the molecule is COc1ccc(F)cc1[C@@H](O)CN1C(=O)C([C@@H](C)C(=O)N(C)C(C)C)C(=O)c2c1sc(-n1nccn1)c2C. The summed E-state index contributed by atoms with van der Waals surface area (Å²) in [5, 5.41) is 20.3. The Morgan fingerprint density at radius 1 is 1.21 bits per heavy atom. The molecular formula is C26H30FN5O5S. The third-order valence-electron chi connectivity index (χ3n) is 6.93. The first-order chi connectivity index (χ1) is 18.0. The van der Waals surface area contributed by atoms with Crippen molar-refractivity contribution in [1.82, 2.24) is 19.9 Å². The molecule has 3 atom stereocenters. The quantitative estimate of drug-likeness (QED) is 0.434. The van der Waals surface area contributed by atoms with Gasteiger partial charge in [0, 0.05) is 24.2 Å². The highest BCUT2D eigenvalue weighted by atomic mass is 32.1. The largest absolute Gasteiger partial charge is 0.496 e. The van der Waals surface area contributed by atoms with Crippen LogP contribution < -0.4 is 9.64 Å². The molecule has 2 amide bonds. The molecule has 1 aromatic carbocycles. The van der Waals surface area contributed by atoms with E-state index < -0.39 is 35.4 Å². The van der Waals surface area contributed by atoms with Gasteiger partial charge >= 0.3 is 0 Å². The number of rotatable bonds is 8. The van der Waals surface area contributed by atoms with E-state index in [1.165, 1.54) is 46.2 Å². The number of fused-ring (bicyclic) bond motifs is 1. The van der Waals surface area contributed by atoms with Gasteiger partial charge in [-0.1, -0.05) is 18.3 Å². The van der Waals surface area contributed by atoms with E-state index in [0.717, 1.165) is 17.4 Å². The lowest BCUT2D eigenvalue weighted by Crippen LogP contribution is -2.51. The van der Waals surface area contributed by atoms with Crippen LogP contribution >= 0.6 is 11.3 Å². The highest BCUT2D eigenvalue weighted by Crippen LogP contribution is 2.45. The fourth-order valence-corrected chi connectivity index (χ4v) is 5.83. The number of ether oxygens (including phenoxy) is 1. The number of amides is 2. The minimum absolute atomic E-state index is 0.131. The van der Waals surface area contributed by atoms with Crippen LogP contribution in [0.5, 0.6) is 5.75 Å². The maximum absolute atomic E-state index is 14.1. The number of hydrogen-bond acceptors (Lipinski definition) is 8. The standard InChI is InChI=1S/C26H30FN5O5S/c1-13(2)30(5)23(35)14(3)20-22(34)21-15(4)25(32-28-9-10-29-32)38-26(21)31(24(20)36)12-18(33)17-11-16(27)7-8-19(17)37-6/h7-11,13-14,18,20,33H,12H2,1-6H3/t14-,18+,20?/m1/s1. The van der Waals surface area contributed by atoms with Crippen LogP contribution in [-0.2, 0) is 9.59 Å². The number of ketones is 1. The first kappa shape index (κ1) is 27.4. The molecule has 3 aromatic rings. The van der Waals surface area contributed by atoms with E-state index in [1.54, 1.807) is 20.9 Å². The van der Waals surface area contributed by atoms with Gasteiger partial charge in [-0.05, 0) is 39.0 Å². The number of aliphatic hydroxyl groups is 1. The number of thiophene rings is 1. The Morgan fingerprint density at radius 3 is 2.47 bits per heavy atom. The number of anilines is 1. The number of β-amino-alcohol motifs (C(OH)–C–C–N with tert-alkyl or cyclic N) is 1. The van der Waals surface area contributed by atoms with Crippen molar-refractivity contribution in [3.8, 4) is 10.8 Å². The third kappa shape index (κ3) is 4.69. The Hall–Kier alpha value is -3.64. The van der Waals surface area contributed by atoms with Crippen molar-refractivity contribution >= 4 is 33.9 Å². The van der Waals surface area contributed by atoms with E-state index in [-0.39, 0.29) is 35.4 Å². The highest BCUT2D eigenvalue weighted by molar-refractivity contribution is 7.19. The summed E-state index contributed by atoms with van der Waals surface area (Å²) < 4.78 is 19.3. The number of carbonyl (C=O) groups is 3. The van der Waals surface area contributed by atoms with Crippen LogP contribution in [-0.4, -0.2) is 69.3 Å². The molecule has 10 nitrogen and oxygen atoms in total. The lowest BCUT2D eigenvalue weighted by Gasteiger charge is -2.36. The van der Waals surface area contributed by atoms with Gasteiger partial charge in [0.25, 0.3) is 0 Å². The molecule has 1 aliphatic rings. The Labute approximate surface area is 223 Å². The molecule has 4 rings (SSSR count). The number of carbonyl (C=O) groups excluding carboxylic acids is 3. The Balaban J connectivity index is 1.82. The zero-order chi connectivity index (χ0) is 27.9. The second kappa shape index (κ2) is 10.6. The van der Waals surface area contributed by atoms with Gasteiger partial charge in [0.05, 0.1) is 37.5 Å². The first-order valence-electron chi connectivity index (χ1n) is 12.1. The van der Waals surface area contributed by atoms with Crippen LogP contribution in [0.15, 0.2) is 30.6 Å². The molecule has 1 unspecified atom stereocenters. The van der Waals surface area contributed by atoms with Gasteiger partial charge in [0.1, 0.15) is 33.6 Å². The minimum atomic E-state index is -1.34. The zero-order valence-electron chi connectivity index (χ0n) is 22.0. The maximum Gasteiger partial charge on any atom is 0.239 e. The van der Waals surface area contributed by atoms with Crippen molar-refractivity contribution in [3.63, 3.8) is 0 Å². The van der Waals surface area contributed by atoms with E-state index in [0.29, 0.717) is 15.6 Å². The van der Waals surface area contributed by atoms with Gasteiger partial charge in [0.15, 0.2) is 5.78 Å². The summed E-state index contributed by atoms with van der Waals surface area (Å²) in [6, 6.07) is 3.61. The third-order valence-corrected chi connectivity index (χ3v) is 8.21. The van der Waals surface area contributed by atoms with E-state index in [9.17, 15) is 23.9 Å². The van der Waals surface area contributed by atoms with Gasteiger partial charge in [-0.15, -0.1) is 4.80 Å². The van der Waals surface area contributed by atoms with Gasteiger partial charge in [-0.25, -0.2) is 4.39 Å². The fraction of sp³-hybridized carbons (Fsp3) is 0.423. The molecule has 0 bridgehead atoms. The smallest absolute Gasteiger partial charge is 0.239 e. The molecule has 0 spiro atoms. The Morgan fingerprint density at radius 2 is 1.87 bits per heavy atom. The summed E-state index contributed by atoms with van der Waals surface area (Å²) in [4.78, 5) is 45.1. The molecule has 0 fully saturated rings. The fourth-order valence-electron chi connectivity index (χ4n) is 4.58. The van der Waals surface area contributed by atoms with Crippen molar-refractivity contribution < 1.29 is 28.6 Å². The lowest BCUT2D eigenvalue weighted by molar-refractivity contribution is -0.139. The molecule has 1 N–H and O–H groups in total. The normalized spacial score (nSPS) is 17.0. The summed E-state index contributed by atoms with van der Waals surface area (Å²) in [6.07, 6.45) is 1.65. The number of halogens is 1. The van der Waals surface area contributed by atoms with Gasteiger partial charge in [-0.2, -0.15) is 10.2 Å². The maximum atomic E-state index is 14.1. The number of Topliss-reactive ketones (excluding diaryl/α,β-unsaturated/α-hetero) is 1. The van der Waals surface area contributed by atoms with Crippen LogP contribution in [0.4, 0.5) is 9.39 Å². The van der Waals surface area contributed by atoms with E-state index >= 15 is 0 Å². The summed E-state index contributed by atoms with van der Waals surface area (Å²) >= 11 is 1.13. The van der Waals surface area contributed by atoms with Crippen molar-refractivity contribution in [3.05, 3.63) is 53.1 Å². The first-order valence-corrected chi connectivity index (χ1v) is 12.9. The number of aromatic nitrogens is 3. The van der Waals surface area contributed by atoms with Gasteiger partial charge < -0.3 is 14.7 Å². The average molecular weight is 544 g/mol. The van der Waals surface area contributed by atoms with Crippen LogP contribution in [0.25, 0.3) is 5.00 Å². The summed E-state index contributed by atoms with van der Waals surface area (Å²) in [5.74, 6) is -4.01. The minimum Gasteiger partial charge on any atom is -0.496 e. The Kier molecular flexibility index (Phi) is 7.65. The number of hydrogen-bond donors (Lipinski definition) is 1. The molecule has 2 aromatic heterocycles. The summed E-state index contributed by atoms with van der Waals surface area (Å²) in [6.45, 7) is 6.69. The molecule has 0 saturated carbocycles. The molecule has 202 valence electrons. The van der Waals surface area contributed by atoms with E-state index in [1.807, 2.05) is 13.8 Å². The summed E-state index contributed by atoms with van der Waals surface area (Å²) in [7, 11) is 3.02. The molecule has 38 heavy (non-hydrogen) atoms. The molecule has 12 heteroatoms. The molecular weight excluding hydrogens is 513 g/mol. The van der Waals surface area contributed by atoms with Gasteiger partial charge in [0.2, 0.25) is 11.8 Å². The average Bonchev–Trinajstić information content (AvgIpc) is 3.53. The van der Waals surface area contributed by atoms with E-state index in [4.69, 9.17) is 4.74 Å². The highest BCUT2D eigenvalue weighted by Gasteiger charge is 2.48. The monoisotopic (exact) mass is 543 g/mol. The van der Waals surface area contributed by atoms with Crippen molar-refractivity contribution in [2.24, 2.45) is 11.8 Å². The second-order valence-electron chi connectivity index (χ2n) is 9.56. The number of benzene rings is 1. The van der Waals surface area contributed by atoms with Gasteiger partial charge in [-0.3, -0.25) is 19.3 Å². The molecule has 3 heterocycles. The molecule has 1 aliphatic heterocycles. The van der Waals surface area contributed by atoms with Crippen LogP contribution in [0.3, 0.4) is 0 Å². The van der Waals surface area contributed by atoms with Crippen molar-refractivity contribution in [1.29, 1.82) is 0 Å². The molecule has 0 aliphatic carbocycles. The molecule has 0 saturated heterocycles. The second-order valence-corrected chi connectivity index (χ2v) is 10.5. The van der Waals surface area contributed by atoms with Crippen LogP contribution in [0, 0.1) is 24.6 Å². The predicted octanol–water partition coefficient (Wildman–Crippen LogP) is 3.17.